The summed E-state index contributed by atoms with van der Waals surface area (Å²) in [5.74, 6) is -1.75. The summed E-state index contributed by atoms with van der Waals surface area (Å²) in [7, 11) is 0. The topological polar surface area (TPSA) is 61.8 Å². The van der Waals surface area contributed by atoms with E-state index in [1.165, 1.54) is 0 Å². The lowest BCUT2D eigenvalue weighted by Gasteiger charge is -2.36. The summed E-state index contributed by atoms with van der Waals surface area (Å²) in [5, 5.41) is 11.4. The number of aliphatic hydroxyl groups is 1. The average molecular weight is 300 g/mol. The van der Waals surface area contributed by atoms with Crippen LogP contribution in [-0.4, -0.2) is 54.4 Å². The van der Waals surface area contributed by atoms with Gasteiger partial charge in [0.05, 0.1) is 31.5 Å². The fourth-order valence-electron chi connectivity index (χ4n) is 2.17. The van der Waals surface area contributed by atoms with E-state index in [2.05, 4.69) is 5.32 Å². The van der Waals surface area contributed by atoms with E-state index in [0.717, 1.165) is 18.2 Å². The molecule has 0 spiro atoms. The fraction of sp³-hybridized carbons (Fsp3) is 0.500. The van der Waals surface area contributed by atoms with Crippen molar-refractivity contribution >= 4 is 11.6 Å². The number of hydrogen-bond acceptors (Lipinski definition) is 4. The fourth-order valence-corrected chi connectivity index (χ4v) is 2.17. The molecular weight excluding hydrogens is 282 g/mol. The van der Waals surface area contributed by atoms with Crippen LogP contribution >= 0.6 is 0 Å². The maximum Gasteiger partial charge on any atom is 0.238 e. The molecule has 0 saturated carbocycles. The second-order valence-electron chi connectivity index (χ2n) is 5.09. The number of carbonyl (C=O) groups is 1. The van der Waals surface area contributed by atoms with Gasteiger partial charge in [-0.15, -0.1) is 0 Å². The van der Waals surface area contributed by atoms with E-state index in [4.69, 9.17) is 9.84 Å². The normalized spacial score (nSPS) is 23.0. The number of rotatable bonds is 4. The summed E-state index contributed by atoms with van der Waals surface area (Å²) in [4.78, 5) is 13.8. The van der Waals surface area contributed by atoms with Gasteiger partial charge in [0, 0.05) is 18.7 Å². The van der Waals surface area contributed by atoms with Gasteiger partial charge in [0.25, 0.3) is 0 Å². The molecule has 1 aliphatic heterocycles. The van der Waals surface area contributed by atoms with Gasteiger partial charge < -0.3 is 15.2 Å². The number of ether oxygens (including phenoxy) is 1. The molecule has 1 saturated heterocycles. The van der Waals surface area contributed by atoms with Crippen molar-refractivity contribution < 1.29 is 23.4 Å². The Bertz CT molecular complexity index is 513. The zero-order valence-electron chi connectivity index (χ0n) is 11.7. The van der Waals surface area contributed by atoms with Crippen molar-refractivity contribution in [3.8, 4) is 0 Å². The lowest BCUT2D eigenvalue weighted by Crippen LogP contribution is -2.51. The number of nitrogens with zero attached hydrogens (tertiary/aromatic N) is 1. The van der Waals surface area contributed by atoms with E-state index in [-0.39, 0.29) is 31.0 Å². The Morgan fingerprint density at radius 1 is 1.52 bits per heavy atom. The minimum Gasteiger partial charge on any atom is -0.394 e. The number of nitrogens with one attached hydrogen (secondary N) is 1. The molecule has 2 rings (SSSR count). The summed E-state index contributed by atoms with van der Waals surface area (Å²) in [6, 6.07) is 2.90. The second kappa shape index (κ2) is 6.93. The third-order valence-corrected chi connectivity index (χ3v) is 3.39. The molecule has 116 valence electrons. The van der Waals surface area contributed by atoms with Gasteiger partial charge in [-0.05, 0) is 19.1 Å². The van der Waals surface area contributed by atoms with Crippen molar-refractivity contribution in [3.05, 3.63) is 29.8 Å². The molecule has 1 heterocycles. The number of halogens is 2. The van der Waals surface area contributed by atoms with Gasteiger partial charge in [-0.1, -0.05) is 0 Å². The zero-order valence-corrected chi connectivity index (χ0v) is 11.7. The predicted molar refractivity (Wildman–Crippen MR) is 72.8 cm³/mol. The second-order valence-corrected chi connectivity index (χ2v) is 5.09. The summed E-state index contributed by atoms with van der Waals surface area (Å²) in [6.45, 7) is 2.62. The molecular formula is C14H18F2N2O3. The minimum atomic E-state index is -0.687. The van der Waals surface area contributed by atoms with Gasteiger partial charge in [-0.3, -0.25) is 9.69 Å². The molecule has 0 aromatic heterocycles. The number of anilines is 1. The molecule has 1 aromatic rings. The molecule has 1 aromatic carbocycles. The number of carbonyl (C=O) groups excluding carboxylic acids is 1. The van der Waals surface area contributed by atoms with Crippen molar-refractivity contribution in [3.63, 3.8) is 0 Å². The highest BCUT2D eigenvalue weighted by Gasteiger charge is 2.27. The Morgan fingerprint density at radius 2 is 2.29 bits per heavy atom. The van der Waals surface area contributed by atoms with Gasteiger partial charge in [0.15, 0.2) is 0 Å². The maximum atomic E-state index is 13.5. The van der Waals surface area contributed by atoms with Crippen LogP contribution in [0.5, 0.6) is 0 Å². The van der Waals surface area contributed by atoms with Crippen molar-refractivity contribution in [1.82, 2.24) is 4.90 Å². The van der Waals surface area contributed by atoms with Crippen LogP contribution in [-0.2, 0) is 9.53 Å². The zero-order chi connectivity index (χ0) is 15.4. The van der Waals surface area contributed by atoms with E-state index < -0.39 is 17.5 Å². The molecule has 5 nitrogen and oxygen atoms in total. The molecule has 2 N–H and O–H groups in total. The molecule has 2 unspecified atom stereocenters. The van der Waals surface area contributed by atoms with E-state index in [0.29, 0.717) is 13.2 Å². The lowest BCUT2D eigenvalue weighted by molar-refractivity contribution is -0.122. The van der Waals surface area contributed by atoms with Gasteiger partial charge in [0.1, 0.15) is 11.6 Å². The summed E-state index contributed by atoms with van der Waals surface area (Å²) in [5.41, 5.74) is -0.181. The Labute approximate surface area is 121 Å². The van der Waals surface area contributed by atoms with Gasteiger partial charge in [0.2, 0.25) is 5.91 Å². The van der Waals surface area contributed by atoms with Gasteiger partial charge in [-0.2, -0.15) is 0 Å². The highest BCUT2D eigenvalue weighted by atomic mass is 19.1. The molecule has 1 aliphatic rings. The van der Waals surface area contributed by atoms with Crippen LogP contribution in [0.2, 0.25) is 0 Å². The van der Waals surface area contributed by atoms with E-state index >= 15 is 0 Å². The van der Waals surface area contributed by atoms with Crippen molar-refractivity contribution in [2.45, 2.75) is 19.1 Å². The number of benzene rings is 1. The molecule has 1 fully saturated rings. The number of aliphatic hydroxyl groups excluding tert-OH is 1. The summed E-state index contributed by atoms with van der Waals surface area (Å²) >= 11 is 0. The van der Waals surface area contributed by atoms with Crippen molar-refractivity contribution in [2.24, 2.45) is 0 Å². The van der Waals surface area contributed by atoms with E-state index in [1.807, 2.05) is 11.8 Å². The standard InChI is InChI=1S/C14H18F2N2O3/c1-9-8-21-11(7-19)5-18(9)6-14(20)17-13-4-10(15)2-3-12(13)16/h2-4,9,11,19H,5-8H2,1H3,(H,17,20). The van der Waals surface area contributed by atoms with Crippen LogP contribution < -0.4 is 5.32 Å². The highest BCUT2D eigenvalue weighted by Crippen LogP contribution is 2.16. The molecule has 21 heavy (non-hydrogen) atoms. The van der Waals surface area contributed by atoms with E-state index in [9.17, 15) is 13.6 Å². The molecule has 0 bridgehead atoms. The molecule has 7 heteroatoms. The van der Waals surface area contributed by atoms with Crippen LogP contribution in [0.3, 0.4) is 0 Å². The molecule has 0 aliphatic carbocycles. The summed E-state index contributed by atoms with van der Waals surface area (Å²) in [6.07, 6.45) is -0.333. The monoisotopic (exact) mass is 300 g/mol. The van der Waals surface area contributed by atoms with E-state index in [1.54, 1.807) is 0 Å². The Balaban J connectivity index is 1.96. The number of amides is 1. The molecule has 0 radical (unpaired) electrons. The predicted octanol–water partition coefficient (Wildman–Crippen LogP) is 0.985. The van der Waals surface area contributed by atoms with Crippen LogP contribution in [0.15, 0.2) is 18.2 Å². The smallest absolute Gasteiger partial charge is 0.238 e. The first kappa shape index (κ1) is 15.8. The molecule has 2 atom stereocenters. The first-order valence-electron chi connectivity index (χ1n) is 6.71. The van der Waals surface area contributed by atoms with Crippen molar-refractivity contribution in [1.29, 1.82) is 0 Å². The lowest BCUT2D eigenvalue weighted by atomic mass is 10.2. The van der Waals surface area contributed by atoms with Crippen LogP contribution in [0.1, 0.15) is 6.92 Å². The SMILES string of the molecule is CC1COC(CO)CN1CC(=O)Nc1cc(F)ccc1F. The van der Waals surface area contributed by atoms with Crippen LogP contribution in [0, 0.1) is 11.6 Å². The summed E-state index contributed by atoms with van der Waals surface area (Å²) < 4.78 is 31.9. The molecule has 1 amide bonds. The third-order valence-electron chi connectivity index (χ3n) is 3.39. The first-order valence-corrected chi connectivity index (χ1v) is 6.71. The number of morpholine rings is 1. The highest BCUT2D eigenvalue weighted by molar-refractivity contribution is 5.92. The van der Waals surface area contributed by atoms with Gasteiger partial charge >= 0.3 is 0 Å². The third kappa shape index (κ3) is 4.20. The largest absolute Gasteiger partial charge is 0.394 e. The van der Waals surface area contributed by atoms with Crippen LogP contribution in [0.4, 0.5) is 14.5 Å². The Morgan fingerprint density at radius 3 is 3.00 bits per heavy atom. The quantitative estimate of drug-likeness (QED) is 0.870. The minimum absolute atomic E-state index is 0.0101. The Kier molecular flexibility index (Phi) is 5.22. The number of hydrogen-bond donors (Lipinski definition) is 2. The first-order chi connectivity index (χ1) is 9.99. The van der Waals surface area contributed by atoms with Crippen LogP contribution in [0.25, 0.3) is 0 Å². The van der Waals surface area contributed by atoms with Crippen molar-refractivity contribution in [2.75, 3.05) is 31.6 Å². The maximum absolute atomic E-state index is 13.5. The van der Waals surface area contributed by atoms with Gasteiger partial charge in [-0.25, -0.2) is 8.78 Å². The Hall–Kier alpha value is -1.57. The average Bonchev–Trinajstić information content (AvgIpc) is 2.45.